The van der Waals surface area contributed by atoms with Crippen molar-refractivity contribution in [2.75, 3.05) is 26.2 Å². The van der Waals surface area contributed by atoms with Crippen LogP contribution in [-0.4, -0.2) is 57.9 Å². The molecule has 0 unspecified atom stereocenters. The third kappa shape index (κ3) is 4.03. The third-order valence-corrected chi connectivity index (χ3v) is 5.37. The largest absolute Gasteiger partial charge is 0.507 e. The van der Waals surface area contributed by atoms with E-state index in [1.54, 1.807) is 12.1 Å². The Morgan fingerprint density at radius 2 is 1.62 bits per heavy atom. The van der Waals surface area contributed by atoms with Crippen molar-refractivity contribution in [2.45, 2.75) is 19.9 Å². The van der Waals surface area contributed by atoms with Gasteiger partial charge in [-0.05, 0) is 30.8 Å². The van der Waals surface area contributed by atoms with Gasteiger partial charge in [0.25, 0.3) is 11.7 Å². The molecule has 1 aliphatic rings. The molecular weight excluding hydrogens is 368 g/mol. The maximum Gasteiger partial charge on any atom is 0.295 e. The number of phenols is 1. The first kappa shape index (κ1) is 20.6. The molecule has 1 atom stereocenters. The monoisotopic (exact) mass is 394 g/mol. The average molecular weight is 394 g/mol. The number of phenolic OH excluding ortho intramolecular Hbond substituents is 1. The molecule has 1 amide bonds. The summed E-state index contributed by atoms with van der Waals surface area (Å²) in [7, 11) is 0. The van der Waals surface area contributed by atoms with Crippen LogP contribution in [0.4, 0.5) is 0 Å². The summed E-state index contributed by atoms with van der Waals surface area (Å²) < 4.78 is 0. The van der Waals surface area contributed by atoms with E-state index in [1.807, 2.05) is 44.2 Å². The molecule has 6 nitrogen and oxygen atoms in total. The van der Waals surface area contributed by atoms with Crippen LogP contribution in [-0.2, 0) is 9.59 Å². The van der Waals surface area contributed by atoms with E-state index >= 15 is 0 Å². The Labute approximate surface area is 170 Å². The summed E-state index contributed by atoms with van der Waals surface area (Å²) in [5.74, 6) is -1.88. The topological polar surface area (TPSA) is 81.1 Å². The van der Waals surface area contributed by atoms with Crippen LogP contribution in [0.15, 0.2) is 60.2 Å². The number of aliphatic hydroxyl groups excluding tert-OH is 1. The van der Waals surface area contributed by atoms with Crippen LogP contribution in [0.5, 0.6) is 5.75 Å². The highest BCUT2D eigenvalue weighted by molar-refractivity contribution is 6.46. The van der Waals surface area contributed by atoms with Gasteiger partial charge in [0, 0.05) is 13.1 Å². The number of rotatable bonds is 7. The van der Waals surface area contributed by atoms with E-state index in [4.69, 9.17) is 0 Å². The molecule has 2 N–H and O–H groups in total. The third-order valence-electron chi connectivity index (χ3n) is 5.37. The fraction of sp³-hybridized carbons (Fsp3) is 0.304. The predicted molar refractivity (Wildman–Crippen MR) is 111 cm³/mol. The summed E-state index contributed by atoms with van der Waals surface area (Å²) in [6.07, 6.45) is 0. The molecule has 0 aliphatic carbocycles. The van der Waals surface area contributed by atoms with Crippen molar-refractivity contribution < 1.29 is 19.8 Å². The highest BCUT2D eigenvalue weighted by atomic mass is 16.3. The van der Waals surface area contributed by atoms with Crippen LogP contribution in [0.1, 0.15) is 31.0 Å². The molecule has 0 aromatic heterocycles. The van der Waals surface area contributed by atoms with Crippen LogP contribution >= 0.6 is 0 Å². The number of aliphatic hydroxyl groups is 1. The Hall–Kier alpha value is -3.12. The van der Waals surface area contributed by atoms with Crippen molar-refractivity contribution >= 4 is 17.4 Å². The maximum absolute atomic E-state index is 12.9. The van der Waals surface area contributed by atoms with Gasteiger partial charge < -0.3 is 20.0 Å². The molecule has 0 radical (unpaired) electrons. The lowest BCUT2D eigenvalue weighted by atomic mass is 9.95. The second-order valence-electron chi connectivity index (χ2n) is 6.95. The second kappa shape index (κ2) is 8.92. The van der Waals surface area contributed by atoms with Gasteiger partial charge in [-0.1, -0.05) is 56.3 Å². The van der Waals surface area contributed by atoms with Gasteiger partial charge in [-0.25, -0.2) is 0 Å². The Kier molecular flexibility index (Phi) is 6.34. The zero-order chi connectivity index (χ0) is 21.0. The summed E-state index contributed by atoms with van der Waals surface area (Å²) in [5.41, 5.74) is 0.876. The van der Waals surface area contributed by atoms with Crippen LogP contribution < -0.4 is 0 Å². The standard InChI is InChI=1S/C23H26N2O4/c1-3-24(4-2)14-15-25-20(16-10-6-5-7-11-16)19(22(28)23(25)29)21(27)17-12-8-9-13-18(17)26/h5-13,20,26-27H,3-4,14-15H2,1-2H3/t20-/m0/s1. The lowest BCUT2D eigenvalue weighted by molar-refractivity contribution is -0.140. The van der Waals surface area contributed by atoms with Crippen LogP contribution in [0, 0.1) is 0 Å². The van der Waals surface area contributed by atoms with E-state index in [9.17, 15) is 19.8 Å². The quantitative estimate of drug-likeness (QED) is 0.428. The van der Waals surface area contributed by atoms with E-state index in [0.29, 0.717) is 13.1 Å². The summed E-state index contributed by atoms with van der Waals surface area (Å²) in [6, 6.07) is 14.7. The normalized spacial score (nSPS) is 18.6. The zero-order valence-corrected chi connectivity index (χ0v) is 16.7. The highest BCUT2D eigenvalue weighted by Gasteiger charge is 2.46. The van der Waals surface area contributed by atoms with Gasteiger partial charge in [0.15, 0.2) is 0 Å². The van der Waals surface area contributed by atoms with E-state index in [2.05, 4.69) is 4.90 Å². The molecule has 0 bridgehead atoms. The Balaban J connectivity index is 2.09. The number of aromatic hydroxyl groups is 1. The summed E-state index contributed by atoms with van der Waals surface area (Å²) in [6.45, 7) is 6.76. The SMILES string of the molecule is CCN(CC)CCN1C(=O)C(=O)C(=C(O)c2ccccc2O)[C@@H]1c1ccccc1. The van der Waals surface area contributed by atoms with Crippen molar-refractivity contribution in [3.63, 3.8) is 0 Å². The minimum atomic E-state index is -0.737. The molecule has 29 heavy (non-hydrogen) atoms. The molecule has 152 valence electrons. The summed E-state index contributed by atoms with van der Waals surface area (Å²) in [4.78, 5) is 29.5. The molecule has 1 heterocycles. The lowest BCUT2D eigenvalue weighted by Gasteiger charge is -2.28. The number of Topliss-reactive ketones (excluding diaryl/α,β-unsaturated/α-hetero) is 1. The Bertz CT molecular complexity index is 919. The van der Waals surface area contributed by atoms with Gasteiger partial charge in [-0.3, -0.25) is 9.59 Å². The predicted octanol–water partition coefficient (Wildman–Crippen LogP) is 3.16. The number of ketones is 1. The second-order valence-corrected chi connectivity index (χ2v) is 6.95. The Morgan fingerprint density at radius 1 is 1.00 bits per heavy atom. The van der Waals surface area contributed by atoms with Gasteiger partial charge in [0.1, 0.15) is 11.5 Å². The number of carbonyl (C=O) groups excluding carboxylic acids is 2. The highest BCUT2D eigenvalue weighted by Crippen LogP contribution is 2.40. The van der Waals surface area contributed by atoms with Gasteiger partial charge in [0.05, 0.1) is 17.2 Å². The summed E-state index contributed by atoms with van der Waals surface area (Å²) in [5, 5.41) is 21.1. The van der Waals surface area contributed by atoms with E-state index in [0.717, 1.165) is 18.7 Å². The number of hydrogen-bond donors (Lipinski definition) is 2. The van der Waals surface area contributed by atoms with E-state index < -0.39 is 17.7 Å². The van der Waals surface area contributed by atoms with Gasteiger partial charge in [0.2, 0.25) is 0 Å². The number of nitrogens with zero attached hydrogens (tertiary/aromatic N) is 2. The van der Waals surface area contributed by atoms with Gasteiger partial charge >= 0.3 is 0 Å². The van der Waals surface area contributed by atoms with Crippen molar-refractivity contribution in [2.24, 2.45) is 0 Å². The molecule has 0 spiro atoms. The molecule has 0 saturated carbocycles. The van der Waals surface area contributed by atoms with Crippen LogP contribution in [0.2, 0.25) is 0 Å². The first-order chi connectivity index (χ1) is 14.0. The first-order valence-corrected chi connectivity index (χ1v) is 9.83. The van der Waals surface area contributed by atoms with Crippen LogP contribution in [0.25, 0.3) is 5.76 Å². The number of benzene rings is 2. The van der Waals surface area contributed by atoms with Crippen molar-refractivity contribution in [3.05, 3.63) is 71.3 Å². The van der Waals surface area contributed by atoms with Crippen molar-refractivity contribution in [1.29, 1.82) is 0 Å². The minimum absolute atomic E-state index is 0.00208. The molecule has 1 fully saturated rings. The van der Waals surface area contributed by atoms with Crippen LogP contribution in [0.3, 0.4) is 0 Å². The molecule has 1 saturated heterocycles. The molecule has 2 aromatic carbocycles. The molecule has 3 rings (SSSR count). The molecule has 1 aliphatic heterocycles. The number of hydrogen-bond acceptors (Lipinski definition) is 5. The van der Waals surface area contributed by atoms with Gasteiger partial charge in [-0.15, -0.1) is 0 Å². The van der Waals surface area contributed by atoms with E-state index in [-0.39, 0.29) is 22.6 Å². The fourth-order valence-corrected chi connectivity index (χ4v) is 3.70. The zero-order valence-electron chi connectivity index (χ0n) is 16.7. The Morgan fingerprint density at radius 3 is 2.24 bits per heavy atom. The molecular formula is C23H26N2O4. The fourth-order valence-electron chi connectivity index (χ4n) is 3.70. The maximum atomic E-state index is 12.9. The minimum Gasteiger partial charge on any atom is -0.507 e. The van der Waals surface area contributed by atoms with Crippen molar-refractivity contribution in [3.8, 4) is 5.75 Å². The molecule has 6 heteroatoms. The molecule has 2 aromatic rings. The number of para-hydroxylation sites is 1. The lowest BCUT2D eigenvalue weighted by Crippen LogP contribution is -2.38. The number of likely N-dealkylation sites (N-methyl/N-ethyl adjacent to an activating group) is 1. The summed E-state index contributed by atoms with van der Waals surface area (Å²) >= 11 is 0. The first-order valence-electron chi connectivity index (χ1n) is 9.83. The average Bonchev–Trinajstić information content (AvgIpc) is 3.00. The number of amides is 1. The number of carbonyl (C=O) groups is 2. The van der Waals surface area contributed by atoms with Gasteiger partial charge in [-0.2, -0.15) is 0 Å². The smallest absolute Gasteiger partial charge is 0.295 e. The number of likely N-dealkylation sites (tertiary alicyclic amines) is 1. The van der Waals surface area contributed by atoms with Crippen molar-refractivity contribution in [1.82, 2.24) is 9.80 Å². The van der Waals surface area contributed by atoms with E-state index in [1.165, 1.54) is 17.0 Å².